The monoisotopic (exact) mass is 406 g/mol. The predicted octanol–water partition coefficient (Wildman–Crippen LogP) is 3.52. The smallest absolute Gasteiger partial charge is 0.160 e. The molecule has 6 heteroatoms. The highest BCUT2D eigenvalue weighted by atomic mass is 16.7. The van der Waals surface area contributed by atoms with Crippen LogP contribution in [-0.4, -0.2) is 51.0 Å². The first-order valence-electron chi connectivity index (χ1n) is 10.4. The molecule has 0 unspecified atom stereocenters. The van der Waals surface area contributed by atoms with Gasteiger partial charge in [-0.25, -0.2) is 4.98 Å². The average molecular weight is 406 g/mol. The van der Waals surface area contributed by atoms with E-state index < -0.39 is 24.6 Å². The molecule has 1 saturated heterocycles. The van der Waals surface area contributed by atoms with Crippen molar-refractivity contribution >= 4 is 32.8 Å². The van der Waals surface area contributed by atoms with Gasteiger partial charge in [-0.15, -0.1) is 0 Å². The third-order valence-electron chi connectivity index (χ3n) is 6.15. The highest BCUT2D eigenvalue weighted by Crippen LogP contribution is 2.34. The van der Waals surface area contributed by atoms with Crippen LogP contribution in [0, 0.1) is 6.92 Å². The van der Waals surface area contributed by atoms with Gasteiger partial charge in [-0.3, -0.25) is 0 Å². The molecule has 0 amide bonds. The van der Waals surface area contributed by atoms with Gasteiger partial charge in [0.1, 0.15) is 11.8 Å². The Hall–Kier alpha value is -2.51. The molecule has 2 aromatic heterocycles. The Morgan fingerprint density at radius 3 is 2.63 bits per heavy atom. The Balaban J connectivity index is 1.49. The molecule has 5 rings (SSSR count). The van der Waals surface area contributed by atoms with E-state index >= 15 is 0 Å². The molecule has 2 aromatic carbocycles. The molecular weight excluding hydrogens is 380 g/mol. The van der Waals surface area contributed by atoms with E-state index in [0.717, 1.165) is 16.7 Å². The summed E-state index contributed by atoms with van der Waals surface area (Å²) in [4.78, 5) is 4.98. The summed E-state index contributed by atoms with van der Waals surface area (Å²) < 4.78 is 13.8. The fraction of sp³-hybridized carbons (Fsp3) is 0.375. The number of aliphatic hydroxyl groups is 2. The first-order chi connectivity index (χ1) is 14.5. The van der Waals surface area contributed by atoms with Gasteiger partial charge in [0, 0.05) is 29.1 Å². The lowest BCUT2D eigenvalue weighted by Crippen LogP contribution is -2.47. The molecule has 1 aliphatic rings. The lowest BCUT2D eigenvalue weighted by atomic mass is 10.0. The van der Waals surface area contributed by atoms with E-state index in [0.29, 0.717) is 13.2 Å². The molecule has 0 aliphatic carbocycles. The van der Waals surface area contributed by atoms with E-state index in [1.165, 1.54) is 21.7 Å². The molecule has 30 heavy (non-hydrogen) atoms. The van der Waals surface area contributed by atoms with Gasteiger partial charge in [0.2, 0.25) is 0 Å². The molecular formula is C24H26N2O4. The second kappa shape index (κ2) is 7.63. The zero-order valence-corrected chi connectivity index (χ0v) is 17.2. The maximum absolute atomic E-state index is 9.99. The highest BCUT2D eigenvalue weighted by Gasteiger charge is 2.34. The van der Waals surface area contributed by atoms with Crippen molar-refractivity contribution in [1.29, 1.82) is 0 Å². The summed E-state index contributed by atoms with van der Waals surface area (Å²) in [5.74, 6) is 0. The van der Waals surface area contributed by atoms with Gasteiger partial charge in [0.05, 0.1) is 29.8 Å². The Morgan fingerprint density at radius 2 is 1.83 bits per heavy atom. The fourth-order valence-electron chi connectivity index (χ4n) is 4.55. The second-order valence-electron chi connectivity index (χ2n) is 8.06. The largest absolute Gasteiger partial charge is 0.390 e. The van der Waals surface area contributed by atoms with Gasteiger partial charge in [-0.05, 0) is 31.5 Å². The number of ether oxygens (including phenoxy) is 2. The Morgan fingerprint density at radius 1 is 1.10 bits per heavy atom. The summed E-state index contributed by atoms with van der Waals surface area (Å²) in [7, 11) is 0. The molecule has 2 N–H and O–H groups in total. The first kappa shape index (κ1) is 19.5. The van der Waals surface area contributed by atoms with Crippen molar-refractivity contribution in [2.75, 3.05) is 6.61 Å². The van der Waals surface area contributed by atoms with Crippen LogP contribution in [-0.2, 0) is 16.0 Å². The van der Waals surface area contributed by atoms with Crippen molar-refractivity contribution in [2.45, 2.75) is 51.4 Å². The number of hydrogen-bond donors (Lipinski definition) is 2. The van der Waals surface area contributed by atoms with Crippen molar-refractivity contribution in [3.8, 4) is 0 Å². The van der Waals surface area contributed by atoms with Crippen LogP contribution in [0.15, 0.2) is 48.5 Å². The number of hydrogen-bond acceptors (Lipinski definition) is 5. The molecule has 0 bridgehead atoms. The molecule has 1 fully saturated rings. The predicted molar refractivity (Wildman–Crippen MR) is 116 cm³/mol. The third-order valence-corrected chi connectivity index (χ3v) is 6.15. The van der Waals surface area contributed by atoms with Crippen LogP contribution < -0.4 is 0 Å². The van der Waals surface area contributed by atoms with Gasteiger partial charge in [0.25, 0.3) is 0 Å². The molecule has 0 saturated carbocycles. The summed E-state index contributed by atoms with van der Waals surface area (Å²) >= 11 is 0. The van der Waals surface area contributed by atoms with Crippen LogP contribution in [0.3, 0.4) is 0 Å². The standard InChI is InChI=1S/C24H26N2O4/c1-14-16-7-3-5-9-18(16)25-24-22(14)17-8-4-6-10-19(17)26(24)11-12-29-21-13-20(27)23(28)15(2)30-21/h3-10,15,20-21,23,27-28H,11-13H2,1-2H3/t15-,20-,21+,23-/m0/s1. The number of pyridine rings is 1. The van der Waals surface area contributed by atoms with Crippen LogP contribution >= 0.6 is 0 Å². The van der Waals surface area contributed by atoms with E-state index in [2.05, 4.69) is 35.8 Å². The minimum absolute atomic E-state index is 0.265. The molecule has 4 aromatic rings. The summed E-state index contributed by atoms with van der Waals surface area (Å²) in [6, 6.07) is 16.6. The number of para-hydroxylation sites is 2. The molecule has 6 nitrogen and oxygen atoms in total. The van der Waals surface area contributed by atoms with Gasteiger partial charge < -0.3 is 24.3 Å². The van der Waals surface area contributed by atoms with E-state index in [4.69, 9.17) is 14.5 Å². The maximum Gasteiger partial charge on any atom is 0.160 e. The normalized spacial score (nSPS) is 24.8. The summed E-state index contributed by atoms with van der Waals surface area (Å²) in [6.07, 6.45) is -2.42. The zero-order chi connectivity index (χ0) is 20.8. The van der Waals surface area contributed by atoms with Crippen LogP contribution in [0.2, 0.25) is 0 Å². The van der Waals surface area contributed by atoms with E-state index in [1.807, 2.05) is 24.3 Å². The summed E-state index contributed by atoms with van der Waals surface area (Å²) in [5, 5.41) is 23.4. The maximum atomic E-state index is 9.99. The second-order valence-corrected chi connectivity index (χ2v) is 8.06. The van der Waals surface area contributed by atoms with Gasteiger partial charge >= 0.3 is 0 Å². The van der Waals surface area contributed by atoms with Crippen molar-refractivity contribution < 1.29 is 19.7 Å². The molecule has 1 aliphatic heterocycles. The summed E-state index contributed by atoms with van der Waals surface area (Å²) in [6.45, 7) is 4.93. The van der Waals surface area contributed by atoms with Crippen molar-refractivity contribution in [3.05, 3.63) is 54.1 Å². The molecule has 0 spiro atoms. The Kier molecular flexibility index (Phi) is 4.95. The minimum Gasteiger partial charge on any atom is -0.390 e. The van der Waals surface area contributed by atoms with Gasteiger partial charge in [-0.2, -0.15) is 0 Å². The van der Waals surface area contributed by atoms with Crippen molar-refractivity contribution in [2.24, 2.45) is 0 Å². The number of aromatic nitrogens is 2. The quantitative estimate of drug-likeness (QED) is 0.542. The average Bonchev–Trinajstić information content (AvgIpc) is 3.06. The van der Waals surface area contributed by atoms with Gasteiger partial charge in [-0.1, -0.05) is 36.4 Å². The van der Waals surface area contributed by atoms with E-state index in [9.17, 15) is 10.2 Å². The molecule has 156 valence electrons. The zero-order valence-electron chi connectivity index (χ0n) is 17.2. The van der Waals surface area contributed by atoms with Crippen LogP contribution in [0.1, 0.15) is 18.9 Å². The van der Waals surface area contributed by atoms with E-state index in [1.54, 1.807) is 6.92 Å². The number of nitrogens with zero attached hydrogens (tertiary/aromatic N) is 2. The van der Waals surface area contributed by atoms with Crippen LogP contribution in [0.4, 0.5) is 0 Å². The minimum atomic E-state index is -0.873. The van der Waals surface area contributed by atoms with Crippen LogP contribution in [0.25, 0.3) is 32.8 Å². The van der Waals surface area contributed by atoms with E-state index in [-0.39, 0.29) is 6.42 Å². The molecule has 0 radical (unpaired) electrons. The number of aliphatic hydroxyl groups excluding tert-OH is 2. The molecule has 3 heterocycles. The van der Waals surface area contributed by atoms with Crippen molar-refractivity contribution in [3.63, 3.8) is 0 Å². The van der Waals surface area contributed by atoms with Crippen LogP contribution in [0.5, 0.6) is 0 Å². The number of benzene rings is 2. The third kappa shape index (κ3) is 3.17. The fourth-order valence-corrected chi connectivity index (χ4v) is 4.55. The lowest BCUT2D eigenvalue weighted by Gasteiger charge is -2.35. The molecule has 4 atom stereocenters. The Bertz CT molecular complexity index is 1210. The highest BCUT2D eigenvalue weighted by molar-refractivity contribution is 6.12. The Labute approximate surface area is 174 Å². The van der Waals surface area contributed by atoms with Crippen molar-refractivity contribution in [1.82, 2.24) is 9.55 Å². The first-order valence-corrected chi connectivity index (χ1v) is 10.4. The topological polar surface area (TPSA) is 76.7 Å². The summed E-state index contributed by atoms with van der Waals surface area (Å²) in [5.41, 5.74) is 4.28. The van der Waals surface area contributed by atoms with Gasteiger partial charge in [0.15, 0.2) is 6.29 Å². The number of aryl methyl sites for hydroxylation is 1. The lowest BCUT2D eigenvalue weighted by molar-refractivity contribution is -0.246. The number of rotatable bonds is 4. The SMILES string of the molecule is Cc1c2ccccc2nc2c1c1ccccc1n2CCO[C@H]1C[C@H](O)[C@@H](O)[C@H](C)O1. The number of fused-ring (bicyclic) bond motifs is 4.